The van der Waals surface area contributed by atoms with E-state index in [1.807, 2.05) is 0 Å². The van der Waals surface area contributed by atoms with E-state index in [1.165, 1.54) is 29.0 Å². The summed E-state index contributed by atoms with van der Waals surface area (Å²) in [7, 11) is 1.32. The van der Waals surface area contributed by atoms with Crippen LogP contribution in [0.3, 0.4) is 0 Å². The van der Waals surface area contributed by atoms with Crippen LogP contribution in [0, 0.1) is 25.5 Å². The van der Waals surface area contributed by atoms with Crippen LogP contribution in [0.2, 0.25) is 0 Å². The quantitative estimate of drug-likeness (QED) is 0.159. The Hall–Kier alpha value is -5.70. The van der Waals surface area contributed by atoms with Crippen molar-refractivity contribution in [2.75, 3.05) is 76.1 Å². The van der Waals surface area contributed by atoms with Gasteiger partial charge in [-0.2, -0.15) is 0 Å². The molecule has 0 unspecified atom stereocenters. The Labute approximate surface area is 325 Å². The number of rotatable bonds is 9. The number of methoxy groups -OCH3 is 1. The van der Waals surface area contributed by atoms with E-state index in [-0.39, 0.29) is 48.9 Å². The van der Waals surface area contributed by atoms with E-state index in [0.717, 1.165) is 22.3 Å². The molecule has 2 saturated heterocycles. The lowest BCUT2D eigenvalue weighted by Gasteiger charge is -2.33. The molecule has 0 saturated carbocycles. The van der Waals surface area contributed by atoms with Crippen LogP contribution in [0.1, 0.15) is 43.0 Å². The molecular weight excluding hydrogens is 724 g/mol. The number of amides is 4. The van der Waals surface area contributed by atoms with Gasteiger partial charge in [-0.1, -0.05) is 48.5 Å². The molecule has 2 N–H and O–H groups in total. The van der Waals surface area contributed by atoms with Gasteiger partial charge in [0.15, 0.2) is 5.78 Å². The molecule has 4 aromatic rings. The highest BCUT2D eigenvalue weighted by atomic mass is 19.1. The van der Waals surface area contributed by atoms with Gasteiger partial charge in [-0.3, -0.25) is 14.6 Å². The number of esters is 1. The van der Waals surface area contributed by atoms with Crippen molar-refractivity contribution in [3.63, 3.8) is 0 Å². The molecule has 0 radical (unpaired) electrons. The van der Waals surface area contributed by atoms with Crippen LogP contribution in [0.25, 0.3) is 0 Å². The zero-order chi connectivity index (χ0) is 40.2. The van der Waals surface area contributed by atoms with Crippen LogP contribution in [0.4, 0.5) is 29.7 Å². The number of aryl methyl sites for hydroxylation is 2. The normalized spacial score (nSPS) is 14.0. The second-order valence-electron chi connectivity index (χ2n) is 13.4. The predicted octanol–water partition coefficient (Wildman–Crippen LogP) is 6.11. The first-order valence-electron chi connectivity index (χ1n) is 18.3. The van der Waals surface area contributed by atoms with E-state index in [2.05, 4.69) is 0 Å². The lowest BCUT2D eigenvalue weighted by molar-refractivity contribution is 0.0547. The monoisotopic (exact) mass is 771 g/mol. The van der Waals surface area contributed by atoms with E-state index in [4.69, 9.17) is 19.9 Å². The van der Waals surface area contributed by atoms with Crippen molar-refractivity contribution in [3.05, 3.63) is 130 Å². The van der Waals surface area contributed by atoms with Crippen molar-refractivity contribution < 1.29 is 42.2 Å². The summed E-state index contributed by atoms with van der Waals surface area (Å²) >= 11 is 0. The average Bonchev–Trinajstić information content (AvgIpc) is 3.22. The molecule has 296 valence electrons. The molecule has 12 nitrogen and oxygen atoms in total. The maximum Gasteiger partial charge on any atom is 0.337 e. The number of morpholine rings is 2. The number of carbonyl (C=O) groups is 4. The predicted molar refractivity (Wildman–Crippen MR) is 208 cm³/mol. The Morgan fingerprint density at radius 1 is 0.643 bits per heavy atom. The zero-order valence-electron chi connectivity index (χ0n) is 31.8. The highest BCUT2D eigenvalue weighted by Gasteiger charge is 2.28. The van der Waals surface area contributed by atoms with Gasteiger partial charge < -0.3 is 29.7 Å². The number of ether oxygens (including phenoxy) is 3. The molecule has 56 heavy (non-hydrogen) atoms. The first-order chi connectivity index (χ1) is 27.0. The first kappa shape index (κ1) is 41.5. The molecule has 0 spiro atoms. The molecule has 0 atom stereocenters. The second kappa shape index (κ2) is 19.8. The molecule has 2 aliphatic rings. The minimum atomic E-state index is -0.451. The van der Waals surface area contributed by atoms with Crippen molar-refractivity contribution in [3.8, 4) is 0 Å². The van der Waals surface area contributed by atoms with Crippen molar-refractivity contribution in [2.45, 2.75) is 26.9 Å². The van der Waals surface area contributed by atoms with Gasteiger partial charge in [0.05, 0.1) is 70.1 Å². The Bertz CT molecular complexity index is 1840. The van der Waals surface area contributed by atoms with Crippen LogP contribution in [-0.4, -0.2) is 99.9 Å². The summed E-state index contributed by atoms with van der Waals surface area (Å²) in [4.78, 5) is 55.7. The number of ketones is 1. The van der Waals surface area contributed by atoms with E-state index >= 15 is 0 Å². The Kier molecular flexibility index (Phi) is 14.6. The molecule has 0 aliphatic carbocycles. The Morgan fingerprint density at radius 3 is 1.39 bits per heavy atom. The highest BCUT2D eigenvalue weighted by molar-refractivity contribution is 5.97. The topological polar surface area (TPSA) is 135 Å². The number of hydrogen-bond donors (Lipinski definition) is 1. The Morgan fingerprint density at radius 2 is 1.04 bits per heavy atom. The minimum Gasteiger partial charge on any atom is -0.465 e. The molecule has 14 heteroatoms. The maximum atomic E-state index is 14.7. The van der Waals surface area contributed by atoms with Crippen LogP contribution < -0.4 is 15.5 Å². The molecule has 0 bridgehead atoms. The fourth-order valence-corrected chi connectivity index (χ4v) is 6.17. The standard InChI is InChI=1S/C21H24FN3O3.C21H23FN2O4/c1-15-2-7-19(18(22)12-15)25(21(27)24-8-10-28-11-9-24)14-16-3-5-17(6-4-16)20(26)13-23;1-15-3-8-19(18(22)13-15)24(21(26)23-9-11-28-12-10-23)14-16-4-6-17(7-5-16)20(25)27-2/h2-7,12H,8-11,13-14,23H2,1H3;3-8,13H,9-12,14H2,1-2H3. The number of anilines is 2. The van der Waals surface area contributed by atoms with Crippen molar-refractivity contribution >= 4 is 35.2 Å². The zero-order valence-corrected chi connectivity index (χ0v) is 31.8. The SMILES string of the molecule is COC(=O)c1ccc(CN(C(=O)N2CCOCC2)c2ccc(C)cc2F)cc1.Cc1ccc(N(Cc2ccc(C(=O)CN)cc2)C(=O)N2CCOCC2)c(F)c1. The Balaban J connectivity index is 0.000000214. The number of halogens is 2. The molecule has 2 fully saturated rings. The molecule has 4 amide bonds. The highest BCUT2D eigenvalue weighted by Crippen LogP contribution is 2.26. The molecule has 0 aromatic heterocycles. The summed E-state index contributed by atoms with van der Waals surface area (Å²) in [6, 6.07) is 22.7. The number of urea groups is 2. The van der Waals surface area contributed by atoms with E-state index < -0.39 is 17.6 Å². The number of nitrogens with zero attached hydrogens (tertiary/aromatic N) is 4. The maximum absolute atomic E-state index is 14.7. The molecular formula is C42H47F2N5O7. The van der Waals surface area contributed by atoms with Gasteiger partial charge in [0.25, 0.3) is 0 Å². The molecule has 2 aliphatic heterocycles. The van der Waals surface area contributed by atoms with Gasteiger partial charge in [-0.05, 0) is 72.5 Å². The van der Waals surface area contributed by atoms with Crippen LogP contribution in [0.15, 0.2) is 84.9 Å². The fourth-order valence-electron chi connectivity index (χ4n) is 6.17. The summed E-state index contributed by atoms with van der Waals surface area (Å²) in [5.74, 6) is -1.49. The summed E-state index contributed by atoms with van der Waals surface area (Å²) in [6.07, 6.45) is 0. The number of nitrogens with two attached hydrogens (primary N) is 1. The number of Topliss-reactive ketones (excluding diaryl/α,β-unsaturated/α-hetero) is 1. The largest absolute Gasteiger partial charge is 0.465 e. The first-order valence-corrected chi connectivity index (χ1v) is 18.3. The lowest BCUT2D eigenvalue weighted by atomic mass is 10.1. The minimum absolute atomic E-state index is 0.0600. The smallest absolute Gasteiger partial charge is 0.337 e. The van der Waals surface area contributed by atoms with Crippen molar-refractivity contribution in [1.82, 2.24) is 9.80 Å². The molecule has 2 heterocycles. The van der Waals surface area contributed by atoms with Crippen LogP contribution in [0.5, 0.6) is 0 Å². The van der Waals surface area contributed by atoms with Gasteiger partial charge in [0.1, 0.15) is 11.6 Å². The summed E-state index contributed by atoms with van der Waals surface area (Å²) in [5, 5.41) is 0. The van der Waals surface area contributed by atoms with Gasteiger partial charge >= 0.3 is 18.0 Å². The van der Waals surface area contributed by atoms with Crippen molar-refractivity contribution in [2.24, 2.45) is 5.73 Å². The number of carbonyl (C=O) groups excluding carboxylic acids is 4. The van der Waals surface area contributed by atoms with Crippen LogP contribution in [-0.2, 0) is 27.3 Å². The van der Waals surface area contributed by atoms with Gasteiger partial charge in [0, 0.05) is 31.7 Å². The van der Waals surface area contributed by atoms with Gasteiger partial charge in [-0.25, -0.2) is 23.2 Å². The van der Waals surface area contributed by atoms with Gasteiger partial charge in [-0.15, -0.1) is 0 Å². The van der Waals surface area contributed by atoms with Gasteiger partial charge in [0.2, 0.25) is 0 Å². The summed E-state index contributed by atoms with van der Waals surface area (Å²) < 4.78 is 44.6. The third-order valence-electron chi connectivity index (χ3n) is 9.33. The number of hydrogen-bond acceptors (Lipinski definition) is 8. The molecule has 6 rings (SSSR count). The average molecular weight is 772 g/mol. The van der Waals surface area contributed by atoms with E-state index in [0.29, 0.717) is 63.7 Å². The summed E-state index contributed by atoms with van der Waals surface area (Å²) in [5.41, 5.74) is 9.89. The lowest BCUT2D eigenvalue weighted by Crippen LogP contribution is -2.48. The third kappa shape index (κ3) is 10.7. The third-order valence-corrected chi connectivity index (χ3v) is 9.33. The fraction of sp³-hybridized carbons (Fsp3) is 0.333. The molecule has 4 aromatic carbocycles. The summed E-state index contributed by atoms with van der Waals surface area (Å²) in [6.45, 7) is 7.61. The van der Waals surface area contributed by atoms with E-state index in [9.17, 15) is 28.0 Å². The number of benzene rings is 4. The van der Waals surface area contributed by atoms with Crippen molar-refractivity contribution in [1.29, 1.82) is 0 Å². The van der Waals surface area contributed by atoms with Crippen LogP contribution >= 0.6 is 0 Å². The van der Waals surface area contributed by atoms with E-state index in [1.54, 1.807) is 96.4 Å². The second-order valence-corrected chi connectivity index (χ2v) is 13.4.